The molecule has 3 rings (SSSR count). The molecule has 3 aromatic rings. The predicted molar refractivity (Wildman–Crippen MR) is 81.1 cm³/mol. The van der Waals surface area contributed by atoms with Crippen LogP contribution >= 0.6 is 11.6 Å². The minimum atomic E-state index is -5.37. The van der Waals surface area contributed by atoms with Crippen molar-refractivity contribution in [2.75, 3.05) is 5.73 Å². The third-order valence-corrected chi connectivity index (χ3v) is 3.92. The first-order valence-electron chi connectivity index (χ1n) is 7.18. The van der Waals surface area contributed by atoms with Crippen LogP contribution in [0.25, 0.3) is 16.7 Å². The molecule has 29 heavy (non-hydrogen) atoms. The Morgan fingerprint density at radius 2 is 1.48 bits per heavy atom. The highest BCUT2D eigenvalue weighted by molar-refractivity contribution is 6.31. The number of benzene rings is 1. The minimum absolute atomic E-state index is 0.389. The molecule has 1 aromatic carbocycles. The Hall–Kier alpha value is -2.77. The van der Waals surface area contributed by atoms with E-state index in [9.17, 15) is 39.5 Å². The van der Waals surface area contributed by atoms with Gasteiger partial charge in [0.1, 0.15) is 5.82 Å². The van der Waals surface area contributed by atoms with Crippen molar-refractivity contribution >= 4 is 28.5 Å². The number of nitrogens with zero attached hydrogens (tertiary/aromatic N) is 4. The summed E-state index contributed by atoms with van der Waals surface area (Å²) in [7, 11) is 0. The lowest BCUT2D eigenvalue weighted by Gasteiger charge is -2.12. The van der Waals surface area contributed by atoms with Gasteiger partial charge in [-0.1, -0.05) is 11.6 Å². The van der Waals surface area contributed by atoms with Crippen LogP contribution in [0.1, 0.15) is 17.1 Å². The molecule has 0 radical (unpaired) electrons. The summed E-state index contributed by atoms with van der Waals surface area (Å²) in [4.78, 5) is 5.41. The van der Waals surface area contributed by atoms with E-state index in [-0.39, 0.29) is 0 Å². The van der Waals surface area contributed by atoms with Crippen molar-refractivity contribution in [2.24, 2.45) is 0 Å². The molecule has 0 aliphatic heterocycles. The topological polar surface area (TPSA) is 69.6 Å². The third kappa shape index (κ3) is 3.75. The number of hydrogen-bond donors (Lipinski definition) is 1. The van der Waals surface area contributed by atoms with Gasteiger partial charge in [0.25, 0.3) is 0 Å². The average molecular weight is 450 g/mol. The Morgan fingerprint density at radius 3 is 2.00 bits per heavy atom. The molecular weight excluding hydrogens is 445 g/mol. The molecular formula is C14H5ClF9N5. The summed E-state index contributed by atoms with van der Waals surface area (Å²) in [6, 6.07) is 2.14. The molecule has 2 aromatic heterocycles. The highest BCUT2D eigenvalue weighted by Crippen LogP contribution is 2.40. The number of nitrogens with two attached hydrogens (primary N) is 1. The minimum Gasteiger partial charge on any atom is -0.383 e. The molecule has 5 nitrogen and oxygen atoms in total. The average Bonchev–Trinajstić information content (AvgIpc) is 2.89. The van der Waals surface area contributed by atoms with Crippen LogP contribution < -0.4 is 5.73 Å². The largest absolute Gasteiger partial charge is 0.451 e. The molecule has 0 fully saturated rings. The number of fused-ring (bicyclic) bond motifs is 1. The van der Waals surface area contributed by atoms with Gasteiger partial charge in [0.05, 0.1) is 21.7 Å². The zero-order valence-corrected chi connectivity index (χ0v) is 14.1. The van der Waals surface area contributed by atoms with E-state index >= 15 is 0 Å². The van der Waals surface area contributed by atoms with Crippen LogP contribution in [0.3, 0.4) is 0 Å². The van der Waals surface area contributed by atoms with E-state index in [4.69, 9.17) is 17.3 Å². The van der Waals surface area contributed by atoms with E-state index in [1.165, 1.54) is 0 Å². The molecule has 0 aliphatic rings. The Labute approximate surface area is 158 Å². The number of halogens is 10. The van der Waals surface area contributed by atoms with Gasteiger partial charge in [-0.05, 0) is 18.2 Å². The van der Waals surface area contributed by atoms with Gasteiger partial charge in [0.2, 0.25) is 5.82 Å². The van der Waals surface area contributed by atoms with Crippen molar-refractivity contribution in [2.45, 2.75) is 18.5 Å². The van der Waals surface area contributed by atoms with Crippen LogP contribution in [-0.2, 0) is 18.5 Å². The van der Waals surface area contributed by atoms with E-state index < -0.39 is 63.2 Å². The quantitative estimate of drug-likeness (QED) is 0.524. The lowest BCUT2D eigenvalue weighted by molar-refractivity contribution is -0.151. The summed E-state index contributed by atoms with van der Waals surface area (Å²) < 4.78 is 118. The van der Waals surface area contributed by atoms with Gasteiger partial charge >= 0.3 is 18.5 Å². The lowest BCUT2D eigenvalue weighted by atomic mass is 10.2. The first-order valence-corrected chi connectivity index (χ1v) is 7.56. The molecule has 0 amide bonds. The van der Waals surface area contributed by atoms with Gasteiger partial charge in [-0.3, -0.25) is 0 Å². The van der Waals surface area contributed by atoms with Crippen molar-refractivity contribution in [1.82, 2.24) is 19.7 Å². The smallest absolute Gasteiger partial charge is 0.383 e. The van der Waals surface area contributed by atoms with E-state index in [2.05, 4.69) is 15.1 Å². The second-order valence-electron chi connectivity index (χ2n) is 5.55. The second kappa shape index (κ2) is 6.37. The number of rotatable bonds is 1. The van der Waals surface area contributed by atoms with Crippen LogP contribution in [0.15, 0.2) is 18.2 Å². The van der Waals surface area contributed by atoms with Crippen molar-refractivity contribution < 1.29 is 39.5 Å². The normalized spacial score (nSPS) is 13.3. The van der Waals surface area contributed by atoms with Crippen molar-refractivity contribution in [3.8, 4) is 5.69 Å². The summed E-state index contributed by atoms with van der Waals surface area (Å²) in [5, 5.41) is 1.61. The summed E-state index contributed by atoms with van der Waals surface area (Å²) in [5.41, 5.74) is 0.575. The van der Waals surface area contributed by atoms with Gasteiger partial charge in [0.15, 0.2) is 11.3 Å². The first-order chi connectivity index (χ1) is 13.1. The van der Waals surface area contributed by atoms with E-state index in [1.54, 1.807) is 0 Å². The van der Waals surface area contributed by atoms with Gasteiger partial charge in [-0.25, -0.2) is 14.6 Å². The van der Waals surface area contributed by atoms with Crippen LogP contribution in [0.2, 0.25) is 5.02 Å². The Kier molecular flexibility index (Phi) is 4.60. The maximum Gasteiger partial charge on any atom is 0.451 e. The molecule has 0 saturated carbocycles. The molecule has 0 unspecified atom stereocenters. The lowest BCUT2D eigenvalue weighted by Crippen LogP contribution is -2.17. The van der Waals surface area contributed by atoms with Crippen LogP contribution in [0.5, 0.6) is 0 Å². The number of hydrogen-bond acceptors (Lipinski definition) is 4. The second-order valence-corrected chi connectivity index (χ2v) is 5.96. The highest BCUT2D eigenvalue weighted by Gasteiger charge is 2.43. The molecule has 2 N–H and O–H groups in total. The number of alkyl halides is 9. The number of aromatic nitrogens is 4. The molecule has 156 valence electrons. The molecule has 0 aliphatic carbocycles. The first kappa shape index (κ1) is 21.0. The number of nitrogen functional groups attached to an aromatic ring is 1. The van der Waals surface area contributed by atoms with Crippen molar-refractivity contribution in [1.29, 1.82) is 0 Å². The molecule has 15 heteroatoms. The van der Waals surface area contributed by atoms with E-state index in [0.717, 1.165) is 12.1 Å². The standard InChI is InChI=1S/C14H5ClF9N5/c15-6-2-1-4(3-5(6)12(16,17)18)29-9(25)7-8(13(19,20)21)26-11(14(22,23)24)27-10(7)28-29/h1-3H,25H2. The molecule has 0 saturated heterocycles. The van der Waals surface area contributed by atoms with Gasteiger partial charge in [-0.2, -0.15) is 39.5 Å². The zero-order chi connectivity index (χ0) is 21.9. The Morgan fingerprint density at radius 1 is 0.862 bits per heavy atom. The maximum absolute atomic E-state index is 13.2. The third-order valence-electron chi connectivity index (χ3n) is 3.59. The van der Waals surface area contributed by atoms with Crippen LogP contribution in [-0.4, -0.2) is 19.7 Å². The van der Waals surface area contributed by atoms with Crippen LogP contribution in [0.4, 0.5) is 45.3 Å². The van der Waals surface area contributed by atoms with Crippen molar-refractivity contribution in [3.63, 3.8) is 0 Å². The SMILES string of the molecule is Nc1c2c(C(F)(F)F)nc(C(F)(F)F)nc2nn1-c1ccc(Cl)c(C(F)(F)F)c1. The monoisotopic (exact) mass is 449 g/mol. The Bertz CT molecular complexity index is 1100. The predicted octanol–water partition coefficient (Wildman–Crippen LogP) is 5.11. The van der Waals surface area contributed by atoms with Gasteiger partial charge in [0, 0.05) is 0 Å². The fourth-order valence-electron chi connectivity index (χ4n) is 2.40. The fourth-order valence-corrected chi connectivity index (χ4v) is 2.63. The molecule has 0 atom stereocenters. The van der Waals surface area contributed by atoms with Gasteiger partial charge < -0.3 is 5.73 Å². The summed E-state index contributed by atoms with van der Waals surface area (Å²) in [6.45, 7) is 0. The summed E-state index contributed by atoms with van der Waals surface area (Å²) >= 11 is 5.47. The molecule has 0 spiro atoms. The maximum atomic E-state index is 13.2. The zero-order valence-electron chi connectivity index (χ0n) is 13.4. The van der Waals surface area contributed by atoms with E-state index in [1.807, 2.05) is 0 Å². The number of anilines is 1. The van der Waals surface area contributed by atoms with Gasteiger partial charge in [-0.15, -0.1) is 5.10 Å². The molecule has 0 bridgehead atoms. The summed E-state index contributed by atoms with van der Waals surface area (Å²) in [6.07, 6.45) is -15.6. The highest BCUT2D eigenvalue weighted by atomic mass is 35.5. The summed E-state index contributed by atoms with van der Waals surface area (Å²) in [5.74, 6) is -3.04. The fraction of sp³-hybridized carbons (Fsp3) is 0.214. The van der Waals surface area contributed by atoms with E-state index in [0.29, 0.717) is 10.7 Å². The van der Waals surface area contributed by atoms with Crippen molar-refractivity contribution in [3.05, 3.63) is 40.3 Å². The van der Waals surface area contributed by atoms with Crippen LogP contribution in [0, 0.1) is 0 Å². The molecule has 2 heterocycles. The Balaban J connectivity index is 2.34.